The lowest BCUT2D eigenvalue weighted by molar-refractivity contribution is 0.702. The molecule has 0 aliphatic heterocycles. The van der Waals surface area contributed by atoms with Crippen molar-refractivity contribution in [2.24, 2.45) is 0 Å². The number of aryl methyl sites for hydroxylation is 1. The van der Waals surface area contributed by atoms with Gasteiger partial charge in [-0.2, -0.15) is 0 Å². The van der Waals surface area contributed by atoms with E-state index in [0.717, 1.165) is 22.7 Å². The average Bonchev–Trinajstić information content (AvgIpc) is 2.90. The highest BCUT2D eigenvalue weighted by Crippen LogP contribution is 2.21. The zero-order valence-electron chi connectivity index (χ0n) is 27.8. The minimum absolute atomic E-state index is 0.904. The fourth-order valence-corrected chi connectivity index (χ4v) is 3.07. The van der Waals surface area contributed by atoms with Crippen LogP contribution in [0, 0.1) is 0 Å². The Morgan fingerprint density at radius 2 is 1.26 bits per heavy atom. The van der Waals surface area contributed by atoms with Crippen LogP contribution in [0.3, 0.4) is 0 Å². The van der Waals surface area contributed by atoms with Crippen molar-refractivity contribution in [3.63, 3.8) is 0 Å². The van der Waals surface area contributed by atoms with E-state index in [1.807, 2.05) is 74.4 Å². The number of hydrogen-bond donors (Lipinski definition) is 1. The molecule has 1 nitrogen and oxygen atoms in total. The standard InChI is InChI=1S/C12H15NS.C10H16.C6H14.C4H8.2C2H6/c1-4-11-8-6-7-9-12(11)13-10(3)14-5-2;1-6-9(5)10(7-2)8(3)4;1-3-5-6-4-2;1-4(2)3;2*1-2/h5-9,13H,2-4H2,1H3;6-7H,3H2,1-2,4-5H3;3-6H2,1-2H3;1H2,2-3H3;2*1-2H3/b;9-6+,10-7+;;;;. The molecule has 0 aliphatic carbocycles. The van der Waals surface area contributed by atoms with Gasteiger partial charge in [0.05, 0.1) is 5.03 Å². The van der Waals surface area contributed by atoms with Crippen molar-refractivity contribution < 1.29 is 0 Å². The molecule has 0 fully saturated rings. The zero-order chi connectivity index (χ0) is 30.9. The number of rotatable bonds is 10. The van der Waals surface area contributed by atoms with Crippen LogP contribution < -0.4 is 5.32 Å². The number of nitrogens with one attached hydrogen (secondary N) is 1. The molecule has 0 spiro atoms. The summed E-state index contributed by atoms with van der Waals surface area (Å²) in [5.41, 5.74) is 7.31. The van der Waals surface area contributed by atoms with E-state index in [4.69, 9.17) is 0 Å². The average molecular weight is 544 g/mol. The zero-order valence-corrected chi connectivity index (χ0v) is 28.6. The predicted octanol–water partition coefficient (Wildman–Crippen LogP) is 13.7. The van der Waals surface area contributed by atoms with Gasteiger partial charge in [-0.3, -0.25) is 0 Å². The Morgan fingerprint density at radius 1 is 0.816 bits per heavy atom. The lowest BCUT2D eigenvalue weighted by Crippen LogP contribution is -1.97. The van der Waals surface area contributed by atoms with E-state index >= 15 is 0 Å². The maximum Gasteiger partial charge on any atom is 0.0694 e. The molecule has 38 heavy (non-hydrogen) atoms. The second kappa shape index (κ2) is 37.0. The molecule has 1 rings (SSSR count). The van der Waals surface area contributed by atoms with Crippen LogP contribution in [0.5, 0.6) is 0 Å². The molecule has 0 heterocycles. The van der Waals surface area contributed by atoms with Gasteiger partial charge in [-0.15, -0.1) is 6.58 Å². The Kier molecular flexibility index (Phi) is 44.5. The Morgan fingerprint density at radius 3 is 1.55 bits per heavy atom. The molecule has 0 atom stereocenters. The van der Waals surface area contributed by atoms with E-state index in [1.54, 1.807) is 5.41 Å². The van der Waals surface area contributed by atoms with E-state index in [0.29, 0.717) is 0 Å². The van der Waals surface area contributed by atoms with Gasteiger partial charge in [0.15, 0.2) is 0 Å². The summed E-state index contributed by atoms with van der Waals surface area (Å²) in [6, 6.07) is 8.25. The first-order valence-corrected chi connectivity index (χ1v) is 15.3. The summed E-state index contributed by atoms with van der Waals surface area (Å²) in [6.07, 6.45) is 10.8. The molecule has 0 aliphatic rings. The number of benzene rings is 1. The van der Waals surface area contributed by atoms with Crippen LogP contribution >= 0.6 is 11.8 Å². The van der Waals surface area contributed by atoms with Gasteiger partial charge in [-0.25, -0.2) is 0 Å². The highest BCUT2D eigenvalue weighted by molar-refractivity contribution is 8.05. The highest BCUT2D eigenvalue weighted by atomic mass is 32.2. The minimum atomic E-state index is 0.904. The second-order valence-corrected chi connectivity index (χ2v) is 9.27. The maximum absolute atomic E-state index is 3.90. The normalized spacial score (nSPS) is 9.50. The highest BCUT2D eigenvalue weighted by Gasteiger charge is 1.99. The summed E-state index contributed by atoms with van der Waals surface area (Å²) in [5.74, 6) is 0. The molecule has 2 heteroatoms. The van der Waals surface area contributed by atoms with Crippen molar-refractivity contribution in [1.82, 2.24) is 0 Å². The van der Waals surface area contributed by atoms with Gasteiger partial charge in [-0.05, 0) is 76.1 Å². The van der Waals surface area contributed by atoms with Crippen LogP contribution in [-0.4, -0.2) is 0 Å². The number of unbranched alkanes of at least 4 members (excludes halogenated alkanes) is 3. The number of hydrogen-bond acceptors (Lipinski definition) is 2. The Bertz CT molecular complexity index is 757. The molecule has 0 amide bonds. The summed E-state index contributed by atoms with van der Waals surface area (Å²) in [5, 5.41) is 5.93. The molecule has 1 N–H and O–H groups in total. The molecule has 0 unspecified atom stereocenters. The second-order valence-electron chi connectivity index (χ2n) is 8.21. The number of thioether (sulfide) groups is 1. The summed E-state index contributed by atoms with van der Waals surface area (Å²) in [4.78, 5) is 0. The Balaban J connectivity index is -0.000000133. The van der Waals surface area contributed by atoms with Gasteiger partial charge in [0, 0.05) is 5.69 Å². The Labute approximate surface area is 245 Å². The molecular formula is C36H65NS. The van der Waals surface area contributed by atoms with Crippen molar-refractivity contribution in [2.75, 3.05) is 5.32 Å². The number of allylic oxidation sites excluding steroid dienone is 6. The molecule has 0 radical (unpaired) electrons. The van der Waals surface area contributed by atoms with Crippen LogP contribution in [0.15, 0.2) is 95.5 Å². The minimum Gasteiger partial charge on any atom is -0.350 e. The van der Waals surface area contributed by atoms with E-state index in [-0.39, 0.29) is 0 Å². The first-order chi connectivity index (χ1) is 18.1. The van der Waals surface area contributed by atoms with Crippen LogP contribution in [0.2, 0.25) is 0 Å². The van der Waals surface area contributed by atoms with Crippen LogP contribution in [0.1, 0.15) is 121 Å². The summed E-state index contributed by atoms with van der Waals surface area (Å²) < 4.78 is 0. The van der Waals surface area contributed by atoms with Gasteiger partial charge in [0.2, 0.25) is 0 Å². The third-order valence-corrected chi connectivity index (χ3v) is 5.01. The number of para-hydroxylation sites is 1. The lowest BCUT2D eigenvalue weighted by atomic mass is 10.0. The van der Waals surface area contributed by atoms with E-state index in [9.17, 15) is 0 Å². The Hall–Kier alpha value is -2.19. The third-order valence-electron chi connectivity index (χ3n) is 4.46. The van der Waals surface area contributed by atoms with Crippen molar-refractivity contribution in [2.45, 2.75) is 122 Å². The maximum atomic E-state index is 3.90. The molecule has 0 saturated carbocycles. The summed E-state index contributed by atoms with van der Waals surface area (Å²) in [6.45, 7) is 41.7. The topological polar surface area (TPSA) is 12.0 Å². The fourth-order valence-electron chi connectivity index (χ4n) is 2.70. The molecule has 220 valence electrons. The van der Waals surface area contributed by atoms with Crippen LogP contribution in [0.4, 0.5) is 5.69 Å². The largest absolute Gasteiger partial charge is 0.350 e. The molecule has 0 saturated heterocycles. The van der Waals surface area contributed by atoms with Crippen molar-refractivity contribution in [3.05, 3.63) is 101 Å². The van der Waals surface area contributed by atoms with Crippen LogP contribution in [0.25, 0.3) is 0 Å². The molecule has 0 aromatic heterocycles. The van der Waals surface area contributed by atoms with Gasteiger partial charge < -0.3 is 5.32 Å². The first kappa shape index (κ1) is 45.7. The molecule has 1 aromatic rings. The quantitative estimate of drug-likeness (QED) is 0.179. The third kappa shape index (κ3) is 33.8. The molecular weight excluding hydrogens is 478 g/mol. The van der Waals surface area contributed by atoms with Gasteiger partial charge in [0.1, 0.15) is 0 Å². The SMILES string of the molecule is C=C(C)C.C=C(C)C(=C\C)/C(C)=C/C.C=CSC(=C)Nc1ccccc1CC.CC.CC.CCCCCC. The van der Waals surface area contributed by atoms with Gasteiger partial charge in [-0.1, -0.05) is 147 Å². The monoisotopic (exact) mass is 543 g/mol. The summed E-state index contributed by atoms with van der Waals surface area (Å²) >= 11 is 1.50. The van der Waals surface area contributed by atoms with E-state index < -0.39 is 0 Å². The molecule has 0 bridgehead atoms. The van der Waals surface area contributed by atoms with Gasteiger partial charge in [0.25, 0.3) is 0 Å². The van der Waals surface area contributed by atoms with Crippen molar-refractivity contribution in [3.8, 4) is 0 Å². The predicted molar refractivity (Wildman–Crippen MR) is 187 cm³/mol. The van der Waals surface area contributed by atoms with Crippen molar-refractivity contribution >= 4 is 17.4 Å². The van der Waals surface area contributed by atoms with Gasteiger partial charge >= 0.3 is 0 Å². The number of anilines is 1. The van der Waals surface area contributed by atoms with Crippen molar-refractivity contribution in [1.29, 1.82) is 0 Å². The lowest BCUT2D eigenvalue weighted by Gasteiger charge is -2.10. The fraction of sp³-hybridized carbons (Fsp3) is 0.500. The summed E-state index contributed by atoms with van der Waals surface area (Å²) in [7, 11) is 0. The molecule has 1 aromatic carbocycles. The smallest absolute Gasteiger partial charge is 0.0694 e. The van der Waals surface area contributed by atoms with E-state index in [2.05, 4.69) is 83.6 Å². The van der Waals surface area contributed by atoms with E-state index in [1.165, 1.54) is 59.7 Å². The first-order valence-electron chi connectivity index (χ1n) is 14.4. The van der Waals surface area contributed by atoms with Crippen LogP contribution in [-0.2, 0) is 6.42 Å².